The number of ether oxygens (including phenoxy) is 1. The third-order valence-electron chi connectivity index (χ3n) is 3.30. The van der Waals surface area contributed by atoms with Gasteiger partial charge in [-0.25, -0.2) is 4.98 Å². The van der Waals surface area contributed by atoms with Crippen molar-refractivity contribution in [3.8, 4) is 11.4 Å². The molecule has 18 heavy (non-hydrogen) atoms. The molecule has 4 heteroatoms. The molecule has 2 heterocycles. The molecule has 0 saturated carbocycles. The maximum atomic E-state index is 5.38. The lowest BCUT2D eigenvalue weighted by atomic mass is 10.1. The molecule has 1 saturated heterocycles. The van der Waals surface area contributed by atoms with Gasteiger partial charge in [-0.05, 0) is 12.1 Å². The Labute approximate surface area is 107 Å². The molecule has 0 amide bonds. The number of hydrogen-bond donors (Lipinski definition) is 0. The van der Waals surface area contributed by atoms with Crippen LogP contribution in [0.25, 0.3) is 11.4 Å². The molecule has 0 aliphatic carbocycles. The predicted molar refractivity (Wildman–Crippen MR) is 71.7 cm³/mol. The molecule has 2 aromatic rings. The average Bonchev–Trinajstić information content (AvgIpc) is 2.86. The largest absolute Gasteiger partial charge is 0.378 e. The van der Waals surface area contributed by atoms with Crippen molar-refractivity contribution in [2.75, 3.05) is 31.2 Å². The van der Waals surface area contributed by atoms with E-state index in [1.807, 2.05) is 24.0 Å². The zero-order valence-corrected chi connectivity index (χ0v) is 10.5. The van der Waals surface area contributed by atoms with Gasteiger partial charge in [0, 0.05) is 43.8 Å². The number of benzene rings is 1. The zero-order chi connectivity index (χ0) is 12.4. The van der Waals surface area contributed by atoms with Crippen molar-refractivity contribution in [2.45, 2.75) is 0 Å². The summed E-state index contributed by atoms with van der Waals surface area (Å²) in [6, 6.07) is 8.55. The minimum Gasteiger partial charge on any atom is -0.378 e. The van der Waals surface area contributed by atoms with Crippen LogP contribution in [0.2, 0.25) is 0 Å². The van der Waals surface area contributed by atoms with E-state index in [4.69, 9.17) is 4.74 Å². The Hall–Kier alpha value is -1.81. The number of aromatic nitrogens is 2. The number of nitrogens with zero attached hydrogens (tertiary/aromatic N) is 3. The molecule has 94 valence electrons. The van der Waals surface area contributed by atoms with Crippen LogP contribution in [0.15, 0.2) is 36.7 Å². The Morgan fingerprint density at radius 3 is 2.78 bits per heavy atom. The minimum absolute atomic E-state index is 0.812. The van der Waals surface area contributed by atoms with E-state index < -0.39 is 0 Å². The first-order valence-corrected chi connectivity index (χ1v) is 6.25. The van der Waals surface area contributed by atoms with Gasteiger partial charge in [0.15, 0.2) is 0 Å². The Kier molecular flexibility index (Phi) is 3.02. The van der Waals surface area contributed by atoms with E-state index >= 15 is 0 Å². The fraction of sp³-hybridized carbons (Fsp3) is 0.357. The summed E-state index contributed by atoms with van der Waals surface area (Å²) in [7, 11) is 2.02. The summed E-state index contributed by atoms with van der Waals surface area (Å²) in [6.45, 7) is 3.55. The van der Waals surface area contributed by atoms with Crippen LogP contribution in [0, 0.1) is 0 Å². The highest BCUT2D eigenvalue weighted by Crippen LogP contribution is 2.23. The van der Waals surface area contributed by atoms with Crippen molar-refractivity contribution in [3.63, 3.8) is 0 Å². The van der Waals surface area contributed by atoms with E-state index in [0.29, 0.717) is 0 Å². The number of imidazole rings is 1. The van der Waals surface area contributed by atoms with Gasteiger partial charge in [0.05, 0.1) is 13.2 Å². The van der Waals surface area contributed by atoms with E-state index in [2.05, 4.69) is 34.1 Å². The molecule has 1 aromatic heterocycles. The number of aryl methyl sites for hydroxylation is 1. The summed E-state index contributed by atoms with van der Waals surface area (Å²) in [5, 5.41) is 0. The second-order valence-corrected chi connectivity index (χ2v) is 4.51. The summed E-state index contributed by atoms with van der Waals surface area (Å²) < 4.78 is 7.42. The monoisotopic (exact) mass is 243 g/mol. The first-order valence-electron chi connectivity index (χ1n) is 6.25. The highest BCUT2D eigenvalue weighted by molar-refractivity contribution is 5.63. The lowest BCUT2D eigenvalue weighted by Crippen LogP contribution is -2.36. The fourth-order valence-corrected chi connectivity index (χ4v) is 2.31. The molecule has 3 rings (SSSR count). The smallest absolute Gasteiger partial charge is 0.139 e. The van der Waals surface area contributed by atoms with Crippen molar-refractivity contribution in [2.24, 2.45) is 7.05 Å². The third kappa shape index (κ3) is 2.11. The van der Waals surface area contributed by atoms with Gasteiger partial charge in [-0.1, -0.05) is 12.1 Å². The van der Waals surface area contributed by atoms with Crippen LogP contribution in [0.1, 0.15) is 0 Å². The van der Waals surface area contributed by atoms with Crippen LogP contribution in [0.5, 0.6) is 0 Å². The van der Waals surface area contributed by atoms with Crippen LogP contribution < -0.4 is 4.90 Å². The number of hydrogen-bond acceptors (Lipinski definition) is 3. The van der Waals surface area contributed by atoms with Gasteiger partial charge >= 0.3 is 0 Å². The predicted octanol–water partition coefficient (Wildman–Crippen LogP) is 1.92. The van der Waals surface area contributed by atoms with Crippen molar-refractivity contribution in [1.29, 1.82) is 0 Å². The Morgan fingerprint density at radius 1 is 1.22 bits per heavy atom. The summed E-state index contributed by atoms with van der Waals surface area (Å²) in [4.78, 5) is 6.75. The molecule has 1 aliphatic rings. The summed E-state index contributed by atoms with van der Waals surface area (Å²) >= 11 is 0. The van der Waals surface area contributed by atoms with Gasteiger partial charge < -0.3 is 14.2 Å². The van der Waals surface area contributed by atoms with E-state index in [9.17, 15) is 0 Å². The molecule has 0 atom stereocenters. The molecule has 0 unspecified atom stereocenters. The highest BCUT2D eigenvalue weighted by atomic mass is 16.5. The van der Waals surface area contributed by atoms with Crippen LogP contribution >= 0.6 is 0 Å². The van der Waals surface area contributed by atoms with Crippen LogP contribution in [0.3, 0.4) is 0 Å². The lowest BCUT2D eigenvalue weighted by molar-refractivity contribution is 0.122. The second-order valence-electron chi connectivity index (χ2n) is 4.51. The van der Waals surface area contributed by atoms with Gasteiger partial charge in [0.25, 0.3) is 0 Å². The topological polar surface area (TPSA) is 30.3 Å². The Morgan fingerprint density at radius 2 is 2.06 bits per heavy atom. The normalized spacial score (nSPS) is 15.9. The number of morpholine rings is 1. The number of anilines is 1. The van der Waals surface area contributed by atoms with Gasteiger partial charge in [-0.2, -0.15) is 0 Å². The van der Waals surface area contributed by atoms with E-state index in [-0.39, 0.29) is 0 Å². The maximum Gasteiger partial charge on any atom is 0.139 e. The van der Waals surface area contributed by atoms with E-state index in [1.165, 1.54) is 5.69 Å². The van der Waals surface area contributed by atoms with Crippen molar-refractivity contribution >= 4 is 5.69 Å². The summed E-state index contributed by atoms with van der Waals surface area (Å²) in [6.07, 6.45) is 3.80. The van der Waals surface area contributed by atoms with E-state index in [1.54, 1.807) is 0 Å². The molecular formula is C14H17N3O. The van der Waals surface area contributed by atoms with Crippen LogP contribution in [-0.4, -0.2) is 35.9 Å². The molecule has 0 N–H and O–H groups in total. The standard InChI is InChI=1S/C14H17N3O/c1-16-6-5-15-14(16)12-3-2-4-13(11-12)17-7-9-18-10-8-17/h2-6,11H,7-10H2,1H3. The second kappa shape index (κ2) is 4.82. The lowest BCUT2D eigenvalue weighted by Gasteiger charge is -2.29. The van der Waals surface area contributed by atoms with Gasteiger partial charge in [0.1, 0.15) is 5.82 Å². The molecule has 4 nitrogen and oxygen atoms in total. The third-order valence-corrected chi connectivity index (χ3v) is 3.30. The summed E-state index contributed by atoms with van der Waals surface area (Å²) in [5.41, 5.74) is 2.41. The first kappa shape index (κ1) is 11.3. The van der Waals surface area contributed by atoms with Crippen LogP contribution in [-0.2, 0) is 11.8 Å². The Bertz CT molecular complexity index is 529. The minimum atomic E-state index is 0.812. The Balaban J connectivity index is 1.91. The molecule has 0 bridgehead atoms. The van der Waals surface area contributed by atoms with Gasteiger partial charge in [-0.3, -0.25) is 0 Å². The molecule has 0 spiro atoms. The average molecular weight is 243 g/mol. The fourth-order valence-electron chi connectivity index (χ4n) is 2.31. The van der Waals surface area contributed by atoms with Crippen molar-refractivity contribution < 1.29 is 4.74 Å². The summed E-state index contributed by atoms with van der Waals surface area (Å²) in [5.74, 6) is 1.00. The number of rotatable bonds is 2. The van der Waals surface area contributed by atoms with Gasteiger partial charge in [0.2, 0.25) is 0 Å². The molecule has 0 radical (unpaired) electrons. The zero-order valence-electron chi connectivity index (χ0n) is 10.5. The van der Waals surface area contributed by atoms with Crippen molar-refractivity contribution in [1.82, 2.24) is 9.55 Å². The molecule has 1 aromatic carbocycles. The first-order chi connectivity index (χ1) is 8.84. The highest BCUT2D eigenvalue weighted by Gasteiger charge is 2.12. The van der Waals surface area contributed by atoms with Crippen LogP contribution in [0.4, 0.5) is 5.69 Å². The van der Waals surface area contributed by atoms with E-state index in [0.717, 1.165) is 37.7 Å². The van der Waals surface area contributed by atoms with Crippen molar-refractivity contribution in [3.05, 3.63) is 36.7 Å². The molecular weight excluding hydrogens is 226 g/mol. The SMILES string of the molecule is Cn1ccnc1-c1cccc(N2CCOCC2)c1. The quantitative estimate of drug-likeness (QED) is 0.807. The maximum absolute atomic E-state index is 5.38. The molecule has 1 aliphatic heterocycles. The van der Waals surface area contributed by atoms with Gasteiger partial charge in [-0.15, -0.1) is 0 Å². The molecule has 1 fully saturated rings.